The predicted molar refractivity (Wildman–Crippen MR) is 115 cm³/mol. The lowest BCUT2D eigenvalue weighted by atomic mass is 10.0. The van der Waals surface area contributed by atoms with E-state index in [1.807, 2.05) is 18.2 Å². The maximum Gasteiger partial charge on any atom is 0.263 e. The van der Waals surface area contributed by atoms with Crippen molar-refractivity contribution in [1.82, 2.24) is 4.98 Å². The molecule has 0 bridgehead atoms. The molecular formula is C20H20N4O3S2. The van der Waals surface area contributed by atoms with Crippen molar-refractivity contribution in [2.24, 2.45) is 0 Å². The smallest absolute Gasteiger partial charge is 0.263 e. The molecule has 0 radical (unpaired) electrons. The molecule has 1 aliphatic heterocycles. The summed E-state index contributed by atoms with van der Waals surface area (Å²) in [7, 11) is -3.71. The summed E-state index contributed by atoms with van der Waals surface area (Å²) in [6.45, 7) is 1.09. The van der Waals surface area contributed by atoms with Gasteiger partial charge in [-0.25, -0.2) is 13.4 Å². The second-order valence-electron chi connectivity index (χ2n) is 6.67. The fourth-order valence-electron chi connectivity index (χ4n) is 3.31. The molecule has 0 aliphatic carbocycles. The van der Waals surface area contributed by atoms with Crippen molar-refractivity contribution in [1.29, 1.82) is 0 Å². The molecule has 0 saturated carbocycles. The quantitative estimate of drug-likeness (QED) is 0.628. The predicted octanol–water partition coefficient (Wildman–Crippen LogP) is 3.34. The molecule has 9 heteroatoms. The number of para-hydroxylation sites is 1. The van der Waals surface area contributed by atoms with Crippen LogP contribution in [0.3, 0.4) is 0 Å². The Labute approximate surface area is 173 Å². The summed E-state index contributed by atoms with van der Waals surface area (Å²) in [5.41, 5.74) is 2.91. The Hall–Kier alpha value is -2.91. The average Bonchev–Trinajstić information content (AvgIpc) is 3.21. The van der Waals surface area contributed by atoms with Gasteiger partial charge in [-0.1, -0.05) is 18.2 Å². The van der Waals surface area contributed by atoms with Crippen LogP contribution in [0.15, 0.2) is 65.0 Å². The van der Waals surface area contributed by atoms with Gasteiger partial charge in [0.25, 0.3) is 10.0 Å². The monoisotopic (exact) mass is 428 g/mol. The van der Waals surface area contributed by atoms with Gasteiger partial charge in [0.05, 0.1) is 11.4 Å². The van der Waals surface area contributed by atoms with Crippen LogP contribution in [0.1, 0.15) is 12.0 Å². The van der Waals surface area contributed by atoms with Gasteiger partial charge in [-0.3, -0.25) is 9.52 Å². The molecule has 7 nitrogen and oxygen atoms in total. The third-order valence-electron chi connectivity index (χ3n) is 4.64. The average molecular weight is 429 g/mol. The number of amides is 1. The van der Waals surface area contributed by atoms with Crippen molar-refractivity contribution in [3.05, 3.63) is 65.7 Å². The van der Waals surface area contributed by atoms with Crippen LogP contribution in [0.4, 0.5) is 16.5 Å². The van der Waals surface area contributed by atoms with Crippen molar-refractivity contribution in [2.75, 3.05) is 28.0 Å². The van der Waals surface area contributed by atoms with Crippen LogP contribution in [0.2, 0.25) is 0 Å². The number of anilines is 3. The molecule has 0 fully saturated rings. The maximum absolute atomic E-state index is 12.5. The summed E-state index contributed by atoms with van der Waals surface area (Å²) in [5.74, 6) is -0.141. The van der Waals surface area contributed by atoms with Gasteiger partial charge in [-0.2, -0.15) is 0 Å². The highest BCUT2D eigenvalue weighted by atomic mass is 32.2. The van der Waals surface area contributed by atoms with E-state index in [0.717, 1.165) is 25.1 Å². The van der Waals surface area contributed by atoms with Crippen LogP contribution in [0.5, 0.6) is 0 Å². The third-order valence-corrected chi connectivity index (χ3v) is 6.82. The normalized spacial score (nSPS) is 13.6. The van der Waals surface area contributed by atoms with E-state index in [1.165, 1.54) is 35.2 Å². The number of nitrogens with one attached hydrogen (secondary N) is 2. The van der Waals surface area contributed by atoms with Crippen LogP contribution >= 0.6 is 11.3 Å². The number of benzene rings is 2. The van der Waals surface area contributed by atoms with E-state index in [0.29, 0.717) is 10.8 Å². The maximum atomic E-state index is 12.5. The zero-order chi connectivity index (χ0) is 20.3. The zero-order valence-electron chi connectivity index (χ0n) is 15.5. The van der Waals surface area contributed by atoms with E-state index >= 15 is 0 Å². The molecule has 4 rings (SSSR count). The van der Waals surface area contributed by atoms with Gasteiger partial charge in [0.1, 0.15) is 0 Å². The number of fused-ring (bicyclic) bond motifs is 1. The lowest BCUT2D eigenvalue weighted by Gasteiger charge is -2.30. The molecule has 3 aromatic rings. The van der Waals surface area contributed by atoms with Crippen molar-refractivity contribution in [3.63, 3.8) is 0 Å². The highest BCUT2D eigenvalue weighted by Gasteiger charge is 2.19. The number of nitrogens with zero attached hydrogens (tertiary/aromatic N) is 2. The van der Waals surface area contributed by atoms with Crippen LogP contribution in [-0.4, -0.2) is 32.4 Å². The van der Waals surface area contributed by atoms with E-state index < -0.39 is 10.0 Å². The van der Waals surface area contributed by atoms with Crippen molar-refractivity contribution in [2.45, 2.75) is 17.7 Å². The Morgan fingerprint density at radius 3 is 2.69 bits per heavy atom. The van der Waals surface area contributed by atoms with Gasteiger partial charge < -0.3 is 10.2 Å². The molecule has 0 saturated heterocycles. The Kier molecular flexibility index (Phi) is 5.50. The summed E-state index contributed by atoms with van der Waals surface area (Å²) >= 11 is 1.20. The summed E-state index contributed by atoms with van der Waals surface area (Å²) in [5, 5.41) is 4.84. The summed E-state index contributed by atoms with van der Waals surface area (Å²) in [6, 6.07) is 14.2. The van der Waals surface area contributed by atoms with E-state index in [-0.39, 0.29) is 17.3 Å². The first-order chi connectivity index (χ1) is 14.0. The van der Waals surface area contributed by atoms with Crippen LogP contribution in [0.25, 0.3) is 0 Å². The molecule has 2 aromatic carbocycles. The first-order valence-electron chi connectivity index (χ1n) is 9.16. The second-order valence-corrected chi connectivity index (χ2v) is 9.25. The first-order valence-corrected chi connectivity index (χ1v) is 11.5. The molecule has 0 unspecified atom stereocenters. The SMILES string of the molecule is O=C(CN1CCCc2ccccc21)Nc1ccc(S(=O)(=O)Nc2nccs2)cc1. The number of thiazole rings is 1. The van der Waals surface area contributed by atoms with Gasteiger partial charge in [0.2, 0.25) is 5.91 Å². The van der Waals surface area contributed by atoms with E-state index in [9.17, 15) is 13.2 Å². The minimum Gasteiger partial charge on any atom is -0.362 e. The number of aromatic nitrogens is 1. The highest BCUT2D eigenvalue weighted by molar-refractivity contribution is 7.93. The lowest BCUT2D eigenvalue weighted by molar-refractivity contribution is -0.115. The number of carbonyl (C=O) groups excluding carboxylic acids is 1. The van der Waals surface area contributed by atoms with Crippen molar-refractivity contribution in [3.8, 4) is 0 Å². The van der Waals surface area contributed by atoms with Gasteiger partial charge >= 0.3 is 0 Å². The number of hydrogen-bond donors (Lipinski definition) is 2. The molecule has 29 heavy (non-hydrogen) atoms. The number of aryl methyl sites for hydroxylation is 1. The van der Waals surface area contributed by atoms with Crippen molar-refractivity contribution < 1.29 is 13.2 Å². The number of sulfonamides is 1. The van der Waals surface area contributed by atoms with Crippen LogP contribution in [-0.2, 0) is 21.2 Å². The summed E-state index contributed by atoms with van der Waals surface area (Å²) < 4.78 is 27.2. The van der Waals surface area contributed by atoms with Crippen LogP contribution < -0.4 is 14.9 Å². The van der Waals surface area contributed by atoms with E-state index in [4.69, 9.17) is 0 Å². The molecule has 2 N–H and O–H groups in total. The minimum absolute atomic E-state index is 0.107. The second kappa shape index (κ2) is 8.22. The third kappa shape index (κ3) is 4.57. The first kappa shape index (κ1) is 19.4. The molecule has 2 heterocycles. The van der Waals surface area contributed by atoms with Gasteiger partial charge in [0, 0.05) is 29.5 Å². The summed E-state index contributed by atoms with van der Waals surface area (Å²) in [6.07, 6.45) is 3.57. The highest BCUT2D eigenvalue weighted by Crippen LogP contribution is 2.26. The number of hydrogen-bond acceptors (Lipinski definition) is 6. The lowest BCUT2D eigenvalue weighted by Crippen LogP contribution is -2.36. The minimum atomic E-state index is -3.71. The number of rotatable bonds is 6. The van der Waals surface area contributed by atoms with Gasteiger partial charge in [-0.15, -0.1) is 11.3 Å². The van der Waals surface area contributed by atoms with E-state index in [1.54, 1.807) is 17.5 Å². The topological polar surface area (TPSA) is 91.4 Å². The molecular weight excluding hydrogens is 408 g/mol. The van der Waals surface area contributed by atoms with Crippen LogP contribution in [0, 0.1) is 0 Å². The largest absolute Gasteiger partial charge is 0.362 e. The fourth-order valence-corrected chi connectivity index (χ4v) is 5.10. The van der Waals surface area contributed by atoms with Gasteiger partial charge in [0.15, 0.2) is 5.13 Å². The van der Waals surface area contributed by atoms with Crippen molar-refractivity contribution >= 4 is 43.8 Å². The van der Waals surface area contributed by atoms with E-state index in [2.05, 4.69) is 26.0 Å². The molecule has 1 amide bonds. The molecule has 1 aliphatic rings. The zero-order valence-corrected chi connectivity index (χ0v) is 17.2. The Bertz CT molecular complexity index is 1100. The summed E-state index contributed by atoms with van der Waals surface area (Å²) in [4.78, 5) is 18.6. The molecule has 0 atom stereocenters. The Balaban J connectivity index is 1.40. The molecule has 150 valence electrons. The Morgan fingerprint density at radius 1 is 1.14 bits per heavy atom. The fraction of sp³-hybridized carbons (Fsp3) is 0.200. The van der Waals surface area contributed by atoms with Gasteiger partial charge in [-0.05, 0) is 48.7 Å². The Morgan fingerprint density at radius 2 is 1.93 bits per heavy atom. The molecule has 1 aromatic heterocycles. The molecule has 0 spiro atoms. The standard InChI is InChI=1S/C20H20N4O3S2/c25-19(14-24-12-3-5-15-4-1-2-6-18(15)24)22-16-7-9-17(10-8-16)29(26,27)23-20-21-11-13-28-20/h1-2,4,6-11,13H,3,5,12,14H2,(H,21,23)(H,22,25). The number of carbonyl (C=O) groups is 1.